The first kappa shape index (κ1) is 18.7. The number of aromatic nitrogens is 2. The van der Waals surface area contributed by atoms with Crippen LogP contribution < -0.4 is 15.1 Å². The molecule has 29 heavy (non-hydrogen) atoms. The number of nitrogens with one attached hydrogen (secondary N) is 1. The van der Waals surface area contributed by atoms with Gasteiger partial charge in [-0.15, -0.1) is 0 Å². The van der Waals surface area contributed by atoms with E-state index in [2.05, 4.69) is 31.2 Å². The number of rotatable bonds is 4. The molecule has 146 valence electrons. The molecule has 0 saturated carbocycles. The number of halogens is 1. The zero-order chi connectivity index (χ0) is 20.2. The molecule has 1 aliphatic rings. The molecule has 1 saturated heterocycles. The van der Waals surface area contributed by atoms with Crippen molar-refractivity contribution in [1.82, 2.24) is 9.97 Å². The SMILES string of the molecule is Cc1cc(Nc2ccc(C#N)cc2)nc(N2CCN(c3ccccc3F)CC2)n1. The minimum atomic E-state index is -0.193. The lowest BCUT2D eigenvalue weighted by atomic mass is 10.2. The van der Waals surface area contributed by atoms with Crippen LogP contribution in [-0.4, -0.2) is 36.1 Å². The summed E-state index contributed by atoms with van der Waals surface area (Å²) < 4.78 is 14.0. The molecule has 1 aromatic heterocycles. The maximum absolute atomic E-state index is 14.0. The third-order valence-electron chi connectivity index (χ3n) is 4.88. The smallest absolute Gasteiger partial charge is 0.227 e. The number of hydrogen-bond acceptors (Lipinski definition) is 6. The molecular weight excluding hydrogens is 367 g/mol. The zero-order valence-electron chi connectivity index (χ0n) is 16.1. The van der Waals surface area contributed by atoms with Gasteiger partial charge in [-0.25, -0.2) is 9.37 Å². The van der Waals surface area contributed by atoms with Crippen LogP contribution in [0, 0.1) is 24.1 Å². The van der Waals surface area contributed by atoms with Gasteiger partial charge in [0.1, 0.15) is 11.6 Å². The lowest BCUT2D eigenvalue weighted by molar-refractivity contribution is 0.594. The first-order valence-corrected chi connectivity index (χ1v) is 9.50. The molecule has 1 fully saturated rings. The van der Waals surface area contributed by atoms with E-state index in [1.54, 1.807) is 18.2 Å². The van der Waals surface area contributed by atoms with Gasteiger partial charge in [0.05, 0.1) is 17.3 Å². The highest BCUT2D eigenvalue weighted by molar-refractivity contribution is 5.59. The highest BCUT2D eigenvalue weighted by Crippen LogP contribution is 2.23. The lowest BCUT2D eigenvalue weighted by Crippen LogP contribution is -2.47. The molecule has 0 aliphatic carbocycles. The van der Waals surface area contributed by atoms with Gasteiger partial charge >= 0.3 is 0 Å². The molecule has 7 heteroatoms. The predicted octanol–water partition coefficient (Wildman–Crippen LogP) is 3.87. The maximum atomic E-state index is 14.0. The van der Waals surface area contributed by atoms with Crippen molar-refractivity contribution in [2.45, 2.75) is 6.92 Å². The highest BCUT2D eigenvalue weighted by atomic mass is 19.1. The summed E-state index contributed by atoms with van der Waals surface area (Å²) in [6.45, 7) is 4.78. The second-order valence-corrected chi connectivity index (χ2v) is 6.93. The summed E-state index contributed by atoms with van der Waals surface area (Å²) in [6, 6.07) is 18.1. The molecule has 2 aromatic carbocycles. The Morgan fingerprint density at radius 1 is 0.966 bits per heavy atom. The number of benzene rings is 2. The molecule has 1 N–H and O–H groups in total. The van der Waals surface area contributed by atoms with Gasteiger partial charge in [-0.05, 0) is 43.3 Å². The van der Waals surface area contributed by atoms with Crippen molar-refractivity contribution >= 4 is 23.1 Å². The molecule has 0 amide bonds. The monoisotopic (exact) mass is 388 g/mol. The number of aryl methyl sites for hydroxylation is 1. The van der Waals surface area contributed by atoms with E-state index in [1.807, 2.05) is 37.3 Å². The van der Waals surface area contributed by atoms with Crippen LogP contribution in [0.3, 0.4) is 0 Å². The first-order valence-electron chi connectivity index (χ1n) is 9.50. The summed E-state index contributed by atoms with van der Waals surface area (Å²) in [5.74, 6) is 1.17. The number of piperazine rings is 1. The minimum absolute atomic E-state index is 0.193. The van der Waals surface area contributed by atoms with Gasteiger partial charge in [0.2, 0.25) is 5.95 Å². The summed E-state index contributed by atoms with van der Waals surface area (Å²) in [7, 11) is 0. The molecular formula is C22H21FN6. The molecule has 0 bridgehead atoms. The van der Waals surface area contributed by atoms with E-state index in [-0.39, 0.29) is 5.82 Å². The van der Waals surface area contributed by atoms with Crippen LogP contribution in [-0.2, 0) is 0 Å². The van der Waals surface area contributed by atoms with Crippen LogP contribution in [0.4, 0.5) is 27.5 Å². The fourth-order valence-corrected chi connectivity index (χ4v) is 3.39. The number of hydrogen-bond donors (Lipinski definition) is 1. The van der Waals surface area contributed by atoms with E-state index >= 15 is 0 Å². The third kappa shape index (κ3) is 4.27. The van der Waals surface area contributed by atoms with Gasteiger partial charge in [0.15, 0.2) is 0 Å². The fourth-order valence-electron chi connectivity index (χ4n) is 3.39. The Bertz CT molecular complexity index is 1040. The van der Waals surface area contributed by atoms with E-state index in [1.165, 1.54) is 6.07 Å². The third-order valence-corrected chi connectivity index (χ3v) is 4.88. The number of nitriles is 1. The zero-order valence-corrected chi connectivity index (χ0v) is 16.1. The Morgan fingerprint density at radius 3 is 2.34 bits per heavy atom. The first-order chi connectivity index (χ1) is 14.1. The predicted molar refractivity (Wildman–Crippen MR) is 112 cm³/mol. The minimum Gasteiger partial charge on any atom is -0.366 e. The Hall–Kier alpha value is -3.66. The topological polar surface area (TPSA) is 68.1 Å². The second-order valence-electron chi connectivity index (χ2n) is 6.93. The highest BCUT2D eigenvalue weighted by Gasteiger charge is 2.21. The van der Waals surface area contributed by atoms with Crippen molar-refractivity contribution < 1.29 is 4.39 Å². The van der Waals surface area contributed by atoms with E-state index in [9.17, 15) is 4.39 Å². The standard InChI is InChI=1S/C22H21FN6/c1-16-14-21(26-18-8-6-17(15-24)7-9-18)27-22(25-16)29-12-10-28(11-13-29)20-5-3-2-4-19(20)23/h2-9,14H,10-13H2,1H3,(H,25,26,27). The molecule has 1 aliphatic heterocycles. The van der Waals surface area contributed by atoms with E-state index in [4.69, 9.17) is 5.26 Å². The molecule has 0 radical (unpaired) electrons. The summed E-state index contributed by atoms with van der Waals surface area (Å²) in [5, 5.41) is 12.2. The summed E-state index contributed by atoms with van der Waals surface area (Å²) in [5.41, 5.74) is 2.98. The van der Waals surface area contributed by atoms with E-state index in [0.29, 0.717) is 49.2 Å². The van der Waals surface area contributed by atoms with Gasteiger partial charge in [-0.2, -0.15) is 10.2 Å². The summed E-state index contributed by atoms with van der Waals surface area (Å²) in [4.78, 5) is 13.4. The van der Waals surface area contributed by atoms with Crippen LogP contribution in [0.15, 0.2) is 54.6 Å². The van der Waals surface area contributed by atoms with Crippen molar-refractivity contribution in [2.75, 3.05) is 41.3 Å². The largest absolute Gasteiger partial charge is 0.366 e. The van der Waals surface area contributed by atoms with Gasteiger partial charge < -0.3 is 15.1 Å². The maximum Gasteiger partial charge on any atom is 0.227 e. The van der Waals surface area contributed by atoms with Crippen LogP contribution in [0.2, 0.25) is 0 Å². The average molecular weight is 388 g/mol. The summed E-state index contributed by atoms with van der Waals surface area (Å²) >= 11 is 0. The Labute approximate surface area is 169 Å². The van der Waals surface area contributed by atoms with Crippen molar-refractivity contribution in [3.8, 4) is 6.07 Å². The fraction of sp³-hybridized carbons (Fsp3) is 0.227. The molecule has 2 heterocycles. The average Bonchev–Trinajstić information content (AvgIpc) is 2.74. The number of para-hydroxylation sites is 1. The van der Waals surface area contributed by atoms with E-state index in [0.717, 1.165) is 11.4 Å². The van der Waals surface area contributed by atoms with Gasteiger partial charge in [-0.3, -0.25) is 0 Å². The van der Waals surface area contributed by atoms with Gasteiger partial charge in [0.25, 0.3) is 0 Å². The van der Waals surface area contributed by atoms with Crippen LogP contribution >= 0.6 is 0 Å². The van der Waals surface area contributed by atoms with Gasteiger partial charge in [-0.1, -0.05) is 12.1 Å². The Morgan fingerprint density at radius 2 is 1.66 bits per heavy atom. The molecule has 3 aromatic rings. The lowest BCUT2D eigenvalue weighted by Gasteiger charge is -2.36. The van der Waals surface area contributed by atoms with Crippen LogP contribution in [0.25, 0.3) is 0 Å². The van der Waals surface area contributed by atoms with Gasteiger partial charge in [0, 0.05) is 43.6 Å². The van der Waals surface area contributed by atoms with Crippen molar-refractivity contribution in [3.05, 3.63) is 71.7 Å². The molecule has 0 spiro atoms. The molecule has 4 rings (SSSR count). The van der Waals surface area contributed by atoms with E-state index < -0.39 is 0 Å². The number of anilines is 4. The summed E-state index contributed by atoms with van der Waals surface area (Å²) in [6.07, 6.45) is 0. The Kier molecular flexibility index (Phi) is 5.25. The van der Waals surface area contributed by atoms with Crippen LogP contribution in [0.5, 0.6) is 0 Å². The van der Waals surface area contributed by atoms with Crippen molar-refractivity contribution in [3.63, 3.8) is 0 Å². The van der Waals surface area contributed by atoms with Crippen molar-refractivity contribution in [1.29, 1.82) is 5.26 Å². The van der Waals surface area contributed by atoms with Crippen LogP contribution in [0.1, 0.15) is 11.3 Å². The second kappa shape index (κ2) is 8.15. The van der Waals surface area contributed by atoms with Crippen molar-refractivity contribution in [2.24, 2.45) is 0 Å². The quantitative estimate of drug-likeness (QED) is 0.732. The molecule has 0 unspecified atom stereocenters. The Balaban J connectivity index is 1.46. The molecule has 6 nitrogen and oxygen atoms in total. The normalized spacial score (nSPS) is 13.8. The number of nitrogens with zero attached hydrogens (tertiary/aromatic N) is 5. The molecule has 0 atom stereocenters.